The van der Waals surface area contributed by atoms with Gasteiger partial charge in [-0.3, -0.25) is 10.6 Å². The summed E-state index contributed by atoms with van der Waals surface area (Å²) in [4.78, 5) is 0.130. The van der Waals surface area contributed by atoms with Crippen molar-refractivity contribution in [3.05, 3.63) is 51.5 Å². The van der Waals surface area contributed by atoms with Crippen molar-refractivity contribution < 1.29 is 8.42 Å². The lowest BCUT2D eigenvalue weighted by Gasteiger charge is -2.12. The van der Waals surface area contributed by atoms with Gasteiger partial charge in [0.05, 0.1) is 10.6 Å². The van der Waals surface area contributed by atoms with E-state index < -0.39 is 10.0 Å². The molecule has 0 aliphatic carbocycles. The maximum atomic E-state index is 12.3. The molecule has 0 aliphatic rings. The molecule has 2 rings (SSSR count). The van der Waals surface area contributed by atoms with Gasteiger partial charge in [-0.15, -0.1) is 0 Å². The number of sulfonamides is 1. The largest absolute Gasteiger partial charge is 0.324 e. The number of rotatable bonds is 4. The Hall–Kier alpha value is -1.28. The summed E-state index contributed by atoms with van der Waals surface area (Å²) in [7, 11) is -3.70. The van der Waals surface area contributed by atoms with E-state index in [1.54, 1.807) is 24.3 Å². The monoisotopic (exact) mass is 389 g/mol. The van der Waals surface area contributed by atoms with Crippen LogP contribution in [0.2, 0.25) is 5.02 Å². The van der Waals surface area contributed by atoms with Crippen molar-refractivity contribution in [2.24, 2.45) is 5.84 Å². The molecular formula is C13H13BrClN3O2S. The molecule has 0 saturated heterocycles. The van der Waals surface area contributed by atoms with Gasteiger partial charge in [-0.2, -0.15) is 0 Å². The van der Waals surface area contributed by atoms with Crippen LogP contribution in [0.25, 0.3) is 0 Å². The van der Waals surface area contributed by atoms with Crippen LogP contribution in [0, 0.1) is 6.92 Å². The fourth-order valence-electron chi connectivity index (χ4n) is 1.66. The Labute approximate surface area is 136 Å². The second-order valence-electron chi connectivity index (χ2n) is 4.36. The molecule has 0 aliphatic heterocycles. The van der Waals surface area contributed by atoms with Crippen LogP contribution >= 0.6 is 27.5 Å². The molecule has 0 bridgehead atoms. The Morgan fingerprint density at radius 2 is 1.81 bits per heavy atom. The highest BCUT2D eigenvalue weighted by molar-refractivity contribution is 9.10. The van der Waals surface area contributed by atoms with Gasteiger partial charge in [-0.05, 0) is 64.8 Å². The first-order chi connectivity index (χ1) is 9.83. The predicted octanol–water partition coefficient (Wildman–Crippen LogP) is 3.50. The Morgan fingerprint density at radius 1 is 1.19 bits per heavy atom. The summed E-state index contributed by atoms with van der Waals surface area (Å²) in [5, 5.41) is 0.485. The molecule has 112 valence electrons. The summed E-state index contributed by atoms with van der Waals surface area (Å²) in [5.74, 6) is 5.25. The van der Waals surface area contributed by atoms with E-state index in [0.717, 1.165) is 5.56 Å². The van der Waals surface area contributed by atoms with E-state index in [1.165, 1.54) is 12.1 Å². The molecule has 21 heavy (non-hydrogen) atoms. The molecule has 0 radical (unpaired) electrons. The minimum absolute atomic E-state index is 0.130. The van der Waals surface area contributed by atoms with E-state index in [0.29, 0.717) is 20.9 Å². The third-order valence-electron chi connectivity index (χ3n) is 2.82. The van der Waals surface area contributed by atoms with E-state index in [9.17, 15) is 8.42 Å². The Balaban J connectivity index is 2.34. The number of hydrogen-bond donors (Lipinski definition) is 3. The average Bonchev–Trinajstić information content (AvgIpc) is 2.44. The summed E-state index contributed by atoms with van der Waals surface area (Å²) in [6.45, 7) is 1.84. The third kappa shape index (κ3) is 3.68. The zero-order valence-electron chi connectivity index (χ0n) is 11.0. The second kappa shape index (κ2) is 6.23. The highest BCUT2D eigenvalue weighted by Gasteiger charge is 2.16. The highest BCUT2D eigenvalue weighted by Crippen LogP contribution is 2.30. The third-order valence-corrected chi connectivity index (χ3v) is 5.27. The minimum atomic E-state index is -3.70. The van der Waals surface area contributed by atoms with Gasteiger partial charge < -0.3 is 5.43 Å². The molecule has 5 nitrogen and oxygen atoms in total. The van der Waals surface area contributed by atoms with Crippen molar-refractivity contribution in [2.45, 2.75) is 11.8 Å². The number of nitrogens with one attached hydrogen (secondary N) is 2. The molecule has 0 aromatic heterocycles. The van der Waals surface area contributed by atoms with E-state index in [1.807, 2.05) is 6.92 Å². The van der Waals surface area contributed by atoms with Crippen LogP contribution in [0.4, 0.5) is 11.4 Å². The number of nitrogens with two attached hydrogens (primary N) is 1. The molecule has 0 atom stereocenters. The van der Waals surface area contributed by atoms with E-state index >= 15 is 0 Å². The lowest BCUT2D eigenvalue weighted by Crippen LogP contribution is -2.14. The van der Waals surface area contributed by atoms with Crippen molar-refractivity contribution in [1.82, 2.24) is 0 Å². The van der Waals surface area contributed by atoms with Crippen LogP contribution < -0.4 is 16.0 Å². The van der Waals surface area contributed by atoms with Crippen LogP contribution in [-0.2, 0) is 10.0 Å². The molecule has 2 aromatic rings. The summed E-state index contributed by atoms with van der Waals surface area (Å²) in [6.07, 6.45) is 0. The molecule has 0 heterocycles. The minimum Gasteiger partial charge on any atom is -0.324 e. The molecule has 0 unspecified atom stereocenters. The van der Waals surface area contributed by atoms with Gasteiger partial charge in [0.1, 0.15) is 0 Å². The Kier molecular flexibility index (Phi) is 4.77. The number of benzene rings is 2. The van der Waals surface area contributed by atoms with Gasteiger partial charge in [0.2, 0.25) is 0 Å². The van der Waals surface area contributed by atoms with Crippen molar-refractivity contribution in [3.8, 4) is 0 Å². The van der Waals surface area contributed by atoms with Gasteiger partial charge in [0.15, 0.2) is 0 Å². The van der Waals surface area contributed by atoms with Crippen LogP contribution in [0.5, 0.6) is 0 Å². The first-order valence-corrected chi connectivity index (χ1v) is 8.54. The predicted molar refractivity (Wildman–Crippen MR) is 88.9 cm³/mol. The standard InChI is InChI=1S/C13H13BrClN3O2S/c1-8-6-11(14)13(7-12(8)15)18-21(19,20)10-4-2-9(17-16)3-5-10/h2-7,17-18H,16H2,1H3. The fourth-order valence-corrected chi connectivity index (χ4v) is 3.58. The van der Waals surface area contributed by atoms with Crippen molar-refractivity contribution in [1.29, 1.82) is 0 Å². The van der Waals surface area contributed by atoms with Crippen molar-refractivity contribution in [3.63, 3.8) is 0 Å². The lowest BCUT2D eigenvalue weighted by molar-refractivity contribution is 0.601. The van der Waals surface area contributed by atoms with Crippen LogP contribution in [0.15, 0.2) is 45.8 Å². The summed E-state index contributed by atoms with van der Waals surface area (Å²) in [6, 6.07) is 9.38. The van der Waals surface area contributed by atoms with E-state index in [4.69, 9.17) is 17.4 Å². The van der Waals surface area contributed by atoms with Crippen molar-refractivity contribution in [2.75, 3.05) is 10.1 Å². The van der Waals surface area contributed by atoms with E-state index in [2.05, 4.69) is 26.1 Å². The zero-order chi connectivity index (χ0) is 15.6. The molecule has 0 spiro atoms. The second-order valence-corrected chi connectivity index (χ2v) is 7.30. The number of nitrogen functional groups attached to an aromatic ring is 1. The summed E-state index contributed by atoms with van der Waals surface area (Å²) >= 11 is 9.34. The smallest absolute Gasteiger partial charge is 0.261 e. The first kappa shape index (κ1) is 16.1. The number of halogens is 2. The van der Waals surface area contributed by atoms with Crippen LogP contribution in [0.1, 0.15) is 5.56 Å². The van der Waals surface area contributed by atoms with E-state index in [-0.39, 0.29) is 4.90 Å². The molecule has 0 fully saturated rings. The van der Waals surface area contributed by atoms with Crippen LogP contribution in [-0.4, -0.2) is 8.42 Å². The quantitative estimate of drug-likeness (QED) is 0.551. The van der Waals surface area contributed by atoms with Gasteiger partial charge in [-0.25, -0.2) is 8.42 Å². The van der Waals surface area contributed by atoms with Gasteiger partial charge in [0.25, 0.3) is 10.0 Å². The summed E-state index contributed by atoms with van der Waals surface area (Å²) < 4.78 is 27.8. The summed E-state index contributed by atoms with van der Waals surface area (Å²) in [5.41, 5.74) is 4.29. The molecule has 4 N–H and O–H groups in total. The fraction of sp³-hybridized carbons (Fsp3) is 0.0769. The molecular weight excluding hydrogens is 378 g/mol. The van der Waals surface area contributed by atoms with Gasteiger partial charge >= 0.3 is 0 Å². The Bertz CT molecular complexity index is 764. The first-order valence-electron chi connectivity index (χ1n) is 5.88. The van der Waals surface area contributed by atoms with Gasteiger partial charge in [-0.1, -0.05) is 11.6 Å². The zero-order valence-corrected chi connectivity index (χ0v) is 14.2. The molecule has 0 amide bonds. The highest BCUT2D eigenvalue weighted by atomic mass is 79.9. The van der Waals surface area contributed by atoms with Gasteiger partial charge in [0, 0.05) is 15.2 Å². The number of hydrogen-bond acceptors (Lipinski definition) is 4. The number of anilines is 2. The number of aryl methyl sites for hydroxylation is 1. The van der Waals surface area contributed by atoms with Crippen molar-refractivity contribution >= 4 is 48.9 Å². The maximum absolute atomic E-state index is 12.3. The molecule has 8 heteroatoms. The maximum Gasteiger partial charge on any atom is 0.261 e. The lowest BCUT2D eigenvalue weighted by atomic mass is 10.2. The topological polar surface area (TPSA) is 84.2 Å². The average molecular weight is 391 g/mol. The molecule has 2 aromatic carbocycles. The SMILES string of the molecule is Cc1cc(Br)c(NS(=O)(=O)c2ccc(NN)cc2)cc1Cl. The van der Waals surface area contributed by atoms with Crippen LogP contribution in [0.3, 0.4) is 0 Å². The Morgan fingerprint density at radius 3 is 2.38 bits per heavy atom. The number of hydrazine groups is 1. The normalized spacial score (nSPS) is 11.2. The molecule has 0 saturated carbocycles.